The lowest BCUT2D eigenvalue weighted by Gasteiger charge is -2.03. The minimum atomic E-state index is -0.325. The van der Waals surface area contributed by atoms with Crippen molar-refractivity contribution in [3.05, 3.63) is 34.7 Å². The zero-order chi connectivity index (χ0) is 15.7. The first-order valence-corrected chi connectivity index (χ1v) is 6.92. The summed E-state index contributed by atoms with van der Waals surface area (Å²) in [7, 11) is 3.40. The molecule has 0 bridgehead atoms. The average molecular weight is 303 g/mol. The van der Waals surface area contributed by atoms with Crippen molar-refractivity contribution >= 4 is 22.7 Å². The van der Waals surface area contributed by atoms with E-state index in [0.717, 1.165) is 11.0 Å². The van der Waals surface area contributed by atoms with Gasteiger partial charge in [0, 0.05) is 20.7 Å². The molecule has 1 N–H and O–H groups in total. The summed E-state index contributed by atoms with van der Waals surface area (Å²) in [4.78, 5) is 24.3. The quantitative estimate of drug-likeness (QED) is 0.659. The summed E-state index contributed by atoms with van der Waals surface area (Å²) in [6, 6.07) is 7.55. The standard InChI is InChI=1S/C14H17N5O3/c1-17-10-5-3-4-6-11(10)19-13(17)16-18(14(19)21)9-12(20)15-7-8-22-2/h3-6H,7-9H2,1-2H3,(H,15,20). The fourth-order valence-electron chi connectivity index (χ4n) is 2.46. The van der Waals surface area contributed by atoms with Gasteiger partial charge in [0.05, 0.1) is 17.6 Å². The van der Waals surface area contributed by atoms with E-state index in [2.05, 4.69) is 10.4 Å². The van der Waals surface area contributed by atoms with Gasteiger partial charge in [0.1, 0.15) is 6.54 Å². The average Bonchev–Trinajstić information content (AvgIpc) is 2.97. The second kappa shape index (κ2) is 5.64. The molecule has 1 amide bonds. The highest BCUT2D eigenvalue weighted by atomic mass is 16.5. The van der Waals surface area contributed by atoms with E-state index >= 15 is 0 Å². The summed E-state index contributed by atoms with van der Waals surface area (Å²) in [5, 5.41) is 6.92. The van der Waals surface area contributed by atoms with E-state index in [4.69, 9.17) is 4.74 Å². The van der Waals surface area contributed by atoms with E-state index in [-0.39, 0.29) is 18.1 Å². The number of carbonyl (C=O) groups excluding carboxylic acids is 1. The van der Waals surface area contributed by atoms with Crippen molar-refractivity contribution in [3.8, 4) is 0 Å². The van der Waals surface area contributed by atoms with Crippen LogP contribution in [0.25, 0.3) is 16.8 Å². The number of nitrogens with one attached hydrogen (secondary N) is 1. The molecule has 0 saturated heterocycles. The highest BCUT2D eigenvalue weighted by Gasteiger charge is 2.16. The molecule has 2 heterocycles. The Hall–Kier alpha value is -2.61. The number of para-hydroxylation sites is 2. The van der Waals surface area contributed by atoms with E-state index in [9.17, 15) is 9.59 Å². The van der Waals surface area contributed by atoms with Crippen molar-refractivity contribution in [1.82, 2.24) is 24.1 Å². The summed E-state index contributed by atoms with van der Waals surface area (Å²) < 4.78 is 9.37. The monoisotopic (exact) mass is 303 g/mol. The number of aromatic nitrogens is 4. The van der Waals surface area contributed by atoms with Gasteiger partial charge in [-0.25, -0.2) is 13.9 Å². The molecule has 8 nitrogen and oxygen atoms in total. The summed E-state index contributed by atoms with van der Waals surface area (Å²) in [5.41, 5.74) is 1.36. The molecule has 3 rings (SSSR count). The van der Waals surface area contributed by atoms with Crippen molar-refractivity contribution in [2.45, 2.75) is 6.54 Å². The van der Waals surface area contributed by atoms with Crippen LogP contribution in [0.3, 0.4) is 0 Å². The summed E-state index contributed by atoms with van der Waals surface area (Å²) >= 11 is 0. The van der Waals surface area contributed by atoms with Crippen molar-refractivity contribution in [1.29, 1.82) is 0 Å². The number of nitrogens with zero attached hydrogens (tertiary/aromatic N) is 4. The normalized spacial score (nSPS) is 11.4. The largest absolute Gasteiger partial charge is 0.383 e. The van der Waals surface area contributed by atoms with Gasteiger partial charge in [0.15, 0.2) is 0 Å². The fourth-order valence-corrected chi connectivity index (χ4v) is 2.46. The summed E-state index contributed by atoms with van der Waals surface area (Å²) in [5.74, 6) is 0.239. The number of rotatable bonds is 5. The molecule has 1 aromatic carbocycles. The molecule has 2 aromatic heterocycles. The van der Waals surface area contributed by atoms with Crippen LogP contribution in [0, 0.1) is 0 Å². The maximum atomic E-state index is 12.5. The Kier molecular flexibility index (Phi) is 3.68. The van der Waals surface area contributed by atoms with Crippen LogP contribution in [0.1, 0.15) is 0 Å². The van der Waals surface area contributed by atoms with Crippen LogP contribution in [-0.2, 0) is 23.1 Å². The van der Waals surface area contributed by atoms with E-state index in [1.807, 2.05) is 35.9 Å². The SMILES string of the molecule is COCCNC(=O)Cn1nc2n(C)c3ccccc3n2c1=O. The van der Waals surface area contributed by atoms with Gasteiger partial charge in [-0.3, -0.25) is 4.79 Å². The van der Waals surface area contributed by atoms with Crippen LogP contribution in [-0.4, -0.2) is 44.9 Å². The highest BCUT2D eigenvalue weighted by molar-refractivity contribution is 5.80. The number of hydrogen-bond acceptors (Lipinski definition) is 4. The zero-order valence-corrected chi connectivity index (χ0v) is 12.4. The molecular weight excluding hydrogens is 286 g/mol. The van der Waals surface area contributed by atoms with Gasteiger partial charge in [-0.05, 0) is 12.1 Å². The van der Waals surface area contributed by atoms with Crippen LogP contribution in [0.4, 0.5) is 0 Å². The van der Waals surface area contributed by atoms with Crippen LogP contribution < -0.4 is 11.0 Å². The van der Waals surface area contributed by atoms with Gasteiger partial charge in [0.2, 0.25) is 11.7 Å². The van der Waals surface area contributed by atoms with E-state index < -0.39 is 0 Å². The molecule has 8 heteroatoms. The number of ether oxygens (including phenoxy) is 1. The Labute approximate surface area is 125 Å². The Bertz CT molecular complexity index is 889. The number of benzene rings is 1. The lowest BCUT2D eigenvalue weighted by molar-refractivity contribution is -0.122. The fraction of sp³-hybridized carbons (Fsp3) is 0.357. The van der Waals surface area contributed by atoms with Crippen LogP contribution in [0.5, 0.6) is 0 Å². The molecule has 0 aliphatic heterocycles. The highest BCUT2D eigenvalue weighted by Crippen LogP contribution is 2.16. The van der Waals surface area contributed by atoms with Crippen molar-refractivity contribution in [3.63, 3.8) is 0 Å². The summed E-state index contributed by atoms with van der Waals surface area (Å²) in [6.45, 7) is 0.718. The van der Waals surface area contributed by atoms with Crippen LogP contribution in [0.2, 0.25) is 0 Å². The molecule has 0 radical (unpaired) electrons. The number of imidazole rings is 1. The van der Waals surface area contributed by atoms with Gasteiger partial charge in [-0.15, -0.1) is 5.10 Å². The molecule has 3 aromatic rings. The van der Waals surface area contributed by atoms with Crippen molar-refractivity contribution in [2.24, 2.45) is 7.05 Å². The topological polar surface area (TPSA) is 82.6 Å². The Morgan fingerprint density at radius 2 is 2.05 bits per heavy atom. The lowest BCUT2D eigenvalue weighted by Crippen LogP contribution is -2.34. The molecule has 0 aliphatic rings. The van der Waals surface area contributed by atoms with Crippen molar-refractivity contribution < 1.29 is 9.53 Å². The molecule has 22 heavy (non-hydrogen) atoms. The minimum Gasteiger partial charge on any atom is -0.383 e. The Morgan fingerprint density at radius 3 is 2.77 bits per heavy atom. The van der Waals surface area contributed by atoms with Gasteiger partial charge >= 0.3 is 5.69 Å². The first kappa shape index (κ1) is 14.3. The zero-order valence-electron chi connectivity index (χ0n) is 12.4. The number of hydrogen-bond donors (Lipinski definition) is 1. The first-order valence-electron chi connectivity index (χ1n) is 6.92. The summed E-state index contributed by atoms with van der Waals surface area (Å²) in [6.07, 6.45) is 0. The number of fused-ring (bicyclic) bond motifs is 3. The third-order valence-corrected chi connectivity index (χ3v) is 3.53. The predicted molar refractivity (Wildman–Crippen MR) is 80.8 cm³/mol. The second-order valence-corrected chi connectivity index (χ2v) is 4.97. The first-order chi connectivity index (χ1) is 10.6. The second-order valence-electron chi connectivity index (χ2n) is 4.97. The number of methoxy groups -OCH3 is 1. The third kappa shape index (κ3) is 2.27. The smallest absolute Gasteiger partial charge is 0.352 e. The van der Waals surface area contributed by atoms with E-state index in [1.165, 1.54) is 9.08 Å². The van der Waals surface area contributed by atoms with Gasteiger partial charge < -0.3 is 14.6 Å². The maximum absolute atomic E-state index is 12.5. The molecule has 116 valence electrons. The van der Waals surface area contributed by atoms with Gasteiger partial charge in [-0.2, -0.15) is 0 Å². The maximum Gasteiger partial charge on any atom is 0.352 e. The Morgan fingerprint density at radius 1 is 1.32 bits per heavy atom. The van der Waals surface area contributed by atoms with Gasteiger partial charge in [0.25, 0.3) is 0 Å². The van der Waals surface area contributed by atoms with E-state index in [0.29, 0.717) is 18.9 Å². The molecule has 0 spiro atoms. The number of carbonyl (C=O) groups is 1. The van der Waals surface area contributed by atoms with E-state index in [1.54, 1.807) is 7.11 Å². The molecule has 0 atom stereocenters. The number of aryl methyl sites for hydroxylation is 1. The minimum absolute atomic E-state index is 0.113. The van der Waals surface area contributed by atoms with Gasteiger partial charge in [-0.1, -0.05) is 12.1 Å². The third-order valence-electron chi connectivity index (χ3n) is 3.53. The molecule has 0 aliphatic carbocycles. The number of amides is 1. The van der Waals surface area contributed by atoms with Crippen LogP contribution >= 0.6 is 0 Å². The molecule has 0 fully saturated rings. The molecule has 0 saturated carbocycles. The lowest BCUT2D eigenvalue weighted by atomic mass is 10.3. The van der Waals surface area contributed by atoms with Crippen molar-refractivity contribution in [2.75, 3.05) is 20.3 Å². The predicted octanol–water partition coefficient (Wildman–Crippen LogP) is -0.250. The molecule has 0 unspecified atom stereocenters. The Balaban J connectivity index is 1.96. The molecular formula is C14H17N5O3. The van der Waals surface area contributed by atoms with Crippen LogP contribution in [0.15, 0.2) is 29.1 Å².